The van der Waals surface area contributed by atoms with Gasteiger partial charge in [-0.2, -0.15) is 5.10 Å². The fourth-order valence-corrected chi connectivity index (χ4v) is 2.71. The fourth-order valence-electron chi connectivity index (χ4n) is 2.71. The van der Waals surface area contributed by atoms with Gasteiger partial charge in [0.2, 0.25) is 6.79 Å². The van der Waals surface area contributed by atoms with Crippen LogP contribution in [-0.4, -0.2) is 27.8 Å². The first-order valence-electron chi connectivity index (χ1n) is 7.82. The summed E-state index contributed by atoms with van der Waals surface area (Å²) in [5.41, 5.74) is 5.92. The Kier molecular flexibility index (Phi) is 3.61. The highest BCUT2D eigenvalue weighted by atomic mass is 16.7. The second-order valence-corrected chi connectivity index (χ2v) is 5.68. The number of hydrogen-bond acceptors (Lipinski definition) is 5. The zero-order valence-electron chi connectivity index (χ0n) is 13.8. The molecule has 0 atom stereocenters. The predicted octanol–water partition coefficient (Wildman–Crippen LogP) is 2.53. The SMILES string of the molecule is C/C(=N\NC(=O)c1nc2ccccn2c1C)c1ccc2c(c1)OCO2. The van der Waals surface area contributed by atoms with Gasteiger partial charge in [0.1, 0.15) is 5.65 Å². The van der Waals surface area contributed by atoms with Crippen molar-refractivity contribution in [1.82, 2.24) is 14.8 Å². The second-order valence-electron chi connectivity index (χ2n) is 5.68. The normalized spacial score (nSPS) is 13.3. The number of ether oxygens (including phenoxy) is 2. The van der Waals surface area contributed by atoms with Crippen molar-refractivity contribution >= 4 is 17.3 Å². The summed E-state index contributed by atoms with van der Waals surface area (Å²) >= 11 is 0. The number of imidazole rings is 1. The number of aromatic nitrogens is 2. The molecular weight excluding hydrogens is 320 g/mol. The fraction of sp³-hybridized carbons (Fsp3) is 0.167. The minimum absolute atomic E-state index is 0.221. The maximum Gasteiger partial charge on any atom is 0.291 e. The van der Waals surface area contributed by atoms with E-state index >= 15 is 0 Å². The van der Waals surface area contributed by atoms with Gasteiger partial charge in [0.25, 0.3) is 5.91 Å². The van der Waals surface area contributed by atoms with Gasteiger partial charge in [-0.3, -0.25) is 4.79 Å². The van der Waals surface area contributed by atoms with E-state index in [1.807, 2.05) is 60.8 Å². The molecule has 126 valence electrons. The van der Waals surface area contributed by atoms with Gasteiger partial charge < -0.3 is 13.9 Å². The van der Waals surface area contributed by atoms with Crippen LogP contribution in [0.1, 0.15) is 28.7 Å². The minimum atomic E-state index is -0.346. The van der Waals surface area contributed by atoms with Gasteiger partial charge in [0.05, 0.1) is 11.4 Å². The molecule has 25 heavy (non-hydrogen) atoms. The van der Waals surface area contributed by atoms with E-state index in [0.717, 1.165) is 16.9 Å². The molecule has 3 aromatic rings. The summed E-state index contributed by atoms with van der Waals surface area (Å²) in [7, 11) is 0. The summed E-state index contributed by atoms with van der Waals surface area (Å²) in [6.07, 6.45) is 1.87. The van der Waals surface area contributed by atoms with Crippen LogP contribution in [0, 0.1) is 6.92 Å². The van der Waals surface area contributed by atoms with Gasteiger partial charge >= 0.3 is 0 Å². The van der Waals surface area contributed by atoms with E-state index < -0.39 is 0 Å². The number of aryl methyl sites for hydroxylation is 1. The number of fused-ring (bicyclic) bond motifs is 2. The molecule has 7 heteroatoms. The molecule has 0 aliphatic carbocycles. The van der Waals surface area contributed by atoms with Crippen LogP contribution in [0.5, 0.6) is 11.5 Å². The van der Waals surface area contributed by atoms with Crippen LogP contribution < -0.4 is 14.9 Å². The van der Waals surface area contributed by atoms with Crippen molar-refractivity contribution in [3.05, 3.63) is 59.5 Å². The van der Waals surface area contributed by atoms with E-state index in [2.05, 4.69) is 15.5 Å². The van der Waals surface area contributed by atoms with E-state index in [1.165, 1.54) is 0 Å². The van der Waals surface area contributed by atoms with Crippen LogP contribution in [0.25, 0.3) is 5.65 Å². The molecule has 0 saturated carbocycles. The summed E-state index contributed by atoms with van der Waals surface area (Å²) in [5.74, 6) is 1.04. The molecule has 1 N–H and O–H groups in total. The van der Waals surface area contributed by atoms with E-state index in [-0.39, 0.29) is 12.7 Å². The Morgan fingerprint density at radius 2 is 2.08 bits per heavy atom. The number of amides is 1. The van der Waals surface area contributed by atoms with Gasteiger partial charge in [0, 0.05) is 11.8 Å². The van der Waals surface area contributed by atoms with Crippen molar-refractivity contribution in [2.24, 2.45) is 5.10 Å². The highest BCUT2D eigenvalue weighted by molar-refractivity contribution is 6.01. The lowest BCUT2D eigenvalue weighted by Gasteiger charge is -2.04. The van der Waals surface area contributed by atoms with Crippen molar-refractivity contribution < 1.29 is 14.3 Å². The van der Waals surface area contributed by atoms with E-state index in [0.29, 0.717) is 22.9 Å². The molecule has 0 fully saturated rings. The number of pyridine rings is 1. The van der Waals surface area contributed by atoms with Crippen molar-refractivity contribution in [3.8, 4) is 11.5 Å². The molecule has 2 aromatic heterocycles. The standard InChI is InChI=1S/C18H16N4O3/c1-11(13-6-7-14-15(9-13)25-10-24-14)20-21-18(23)17-12(2)22-8-4-3-5-16(22)19-17/h3-9H,10H2,1-2H3,(H,21,23)/b20-11+. The number of carbonyl (C=O) groups excluding carboxylic acids is 1. The number of carbonyl (C=O) groups is 1. The number of rotatable bonds is 3. The van der Waals surface area contributed by atoms with Crippen molar-refractivity contribution in [2.45, 2.75) is 13.8 Å². The van der Waals surface area contributed by atoms with Crippen molar-refractivity contribution in [3.63, 3.8) is 0 Å². The maximum absolute atomic E-state index is 12.4. The molecule has 0 bridgehead atoms. The molecule has 3 heterocycles. The average molecular weight is 336 g/mol. The molecule has 0 saturated heterocycles. The monoisotopic (exact) mass is 336 g/mol. The highest BCUT2D eigenvalue weighted by Crippen LogP contribution is 2.32. The summed E-state index contributed by atoms with van der Waals surface area (Å²) in [4.78, 5) is 16.8. The first-order chi connectivity index (χ1) is 12.1. The molecule has 0 spiro atoms. The van der Waals surface area contributed by atoms with Crippen LogP contribution in [0.15, 0.2) is 47.7 Å². The molecular formula is C18H16N4O3. The molecule has 1 aromatic carbocycles. The number of nitrogens with one attached hydrogen (secondary N) is 1. The number of hydrogen-bond donors (Lipinski definition) is 1. The maximum atomic E-state index is 12.4. The van der Waals surface area contributed by atoms with E-state index in [4.69, 9.17) is 9.47 Å². The van der Waals surface area contributed by atoms with Gasteiger partial charge in [-0.15, -0.1) is 0 Å². The Labute approximate surface area is 143 Å². The lowest BCUT2D eigenvalue weighted by Crippen LogP contribution is -2.20. The Bertz CT molecular complexity index is 1010. The molecule has 1 aliphatic heterocycles. The highest BCUT2D eigenvalue weighted by Gasteiger charge is 2.16. The number of nitrogens with zero attached hydrogens (tertiary/aromatic N) is 3. The third-order valence-electron chi connectivity index (χ3n) is 4.10. The topological polar surface area (TPSA) is 77.2 Å². The third-order valence-corrected chi connectivity index (χ3v) is 4.10. The Morgan fingerprint density at radius 3 is 2.92 bits per heavy atom. The number of hydrazone groups is 1. The van der Waals surface area contributed by atoms with E-state index in [1.54, 1.807) is 0 Å². The van der Waals surface area contributed by atoms with Crippen LogP contribution in [0.3, 0.4) is 0 Å². The summed E-state index contributed by atoms with van der Waals surface area (Å²) < 4.78 is 12.5. The summed E-state index contributed by atoms with van der Waals surface area (Å²) in [6, 6.07) is 11.2. The third kappa shape index (κ3) is 2.69. The lowest BCUT2D eigenvalue weighted by atomic mass is 10.1. The molecule has 4 rings (SSSR count). The molecule has 0 radical (unpaired) electrons. The van der Waals surface area contributed by atoms with Gasteiger partial charge in [-0.1, -0.05) is 6.07 Å². The number of benzene rings is 1. The zero-order chi connectivity index (χ0) is 17.4. The van der Waals surface area contributed by atoms with Gasteiger partial charge in [0.15, 0.2) is 17.2 Å². The molecule has 1 aliphatic rings. The smallest absolute Gasteiger partial charge is 0.291 e. The van der Waals surface area contributed by atoms with Crippen LogP contribution >= 0.6 is 0 Å². The summed E-state index contributed by atoms with van der Waals surface area (Å²) in [5, 5.41) is 4.18. The largest absolute Gasteiger partial charge is 0.454 e. The van der Waals surface area contributed by atoms with Crippen molar-refractivity contribution in [1.29, 1.82) is 0 Å². The first kappa shape index (κ1) is 15.2. The molecule has 0 unspecified atom stereocenters. The Balaban J connectivity index is 1.55. The van der Waals surface area contributed by atoms with Crippen molar-refractivity contribution in [2.75, 3.05) is 6.79 Å². The van der Waals surface area contributed by atoms with Gasteiger partial charge in [-0.05, 0) is 44.2 Å². The Morgan fingerprint density at radius 1 is 1.24 bits per heavy atom. The van der Waals surface area contributed by atoms with Crippen LogP contribution in [-0.2, 0) is 0 Å². The predicted molar refractivity (Wildman–Crippen MR) is 92.2 cm³/mol. The lowest BCUT2D eigenvalue weighted by molar-refractivity contribution is 0.0950. The van der Waals surface area contributed by atoms with Crippen LogP contribution in [0.2, 0.25) is 0 Å². The summed E-state index contributed by atoms with van der Waals surface area (Å²) in [6.45, 7) is 3.89. The Hall–Kier alpha value is -3.35. The van der Waals surface area contributed by atoms with Crippen LogP contribution in [0.4, 0.5) is 0 Å². The minimum Gasteiger partial charge on any atom is -0.454 e. The molecule has 7 nitrogen and oxygen atoms in total. The zero-order valence-corrected chi connectivity index (χ0v) is 13.8. The first-order valence-corrected chi connectivity index (χ1v) is 7.82. The van der Waals surface area contributed by atoms with Gasteiger partial charge in [-0.25, -0.2) is 10.4 Å². The average Bonchev–Trinajstić information content (AvgIpc) is 3.23. The van der Waals surface area contributed by atoms with E-state index in [9.17, 15) is 4.79 Å². The quantitative estimate of drug-likeness (QED) is 0.589. The molecule has 1 amide bonds. The second kappa shape index (κ2) is 5.94.